The Morgan fingerprint density at radius 1 is 1.42 bits per heavy atom. The maximum Gasteiger partial charge on any atom is 0.319 e. The van der Waals surface area contributed by atoms with Crippen LogP contribution in [0.3, 0.4) is 0 Å². The Labute approximate surface area is 111 Å². The van der Waals surface area contributed by atoms with E-state index < -0.39 is 10.0 Å². The third-order valence-electron chi connectivity index (χ3n) is 2.64. The number of nitrogens with two attached hydrogens (primary N) is 1. The molecule has 1 saturated carbocycles. The summed E-state index contributed by atoms with van der Waals surface area (Å²) < 4.78 is 27.7. The zero-order chi connectivity index (χ0) is 14.0. The second-order valence-electron chi connectivity index (χ2n) is 4.28. The Kier molecular flexibility index (Phi) is 3.63. The topological polar surface area (TPSA) is 111 Å². The van der Waals surface area contributed by atoms with Gasteiger partial charge in [-0.1, -0.05) is 0 Å². The van der Waals surface area contributed by atoms with Crippen molar-refractivity contribution in [3.63, 3.8) is 0 Å². The number of urea groups is 1. The maximum absolute atomic E-state index is 11.5. The van der Waals surface area contributed by atoms with E-state index in [1.165, 1.54) is 19.2 Å². The first kappa shape index (κ1) is 13.6. The normalized spacial score (nSPS) is 14.8. The lowest BCUT2D eigenvalue weighted by molar-refractivity contribution is 0.251. The molecule has 104 valence electrons. The largest absolute Gasteiger partial charge is 0.495 e. The predicted octanol–water partition coefficient (Wildman–Crippen LogP) is 0.626. The quantitative estimate of drug-likeness (QED) is 0.753. The number of rotatable bonds is 4. The molecule has 8 heteroatoms. The van der Waals surface area contributed by atoms with Gasteiger partial charge < -0.3 is 15.4 Å². The number of nitrogens with one attached hydrogen (secondary N) is 2. The molecule has 2 amide bonds. The number of hydrogen-bond acceptors (Lipinski definition) is 4. The van der Waals surface area contributed by atoms with Crippen LogP contribution in [0.15, 0.2) is 23.1 Å². The molecular formula is C11H15N3O4S. The van der Waals surface area contributed by atoms with E-state index in [0.717, 1.165) is 12.8 Å². The summed E-state index contributed by atoms with van der Waals surface area (Å²) in [6, 6.07) is 4.09. The molecule has 0 bridgehead atoms. The van der Waals surface area contributed by atoms with Crippen molar-refractivity contribution in [2.24, 2.45) is 5.14 Å². The van der Waals surface area contributed by atoms with Gasteiger partial charge in [0.15, 0.2) is 0 Å². The lowest BCUT2D eigenvalue weighted by Crippen LogP contribution is -2.30. The fraction of sp³-hybridized carbons (Fsp3) is 0.364. The molecule has 0 atom stereocenters. The molecule has 7 nitrogen and oxygen atoms in total. The van der Waals surface area contributed by atoms with Gasteiger partial charge in [-0.05, 0) is 31.0 Å². The number of carbonyl (C=O) groups is 1. The Balaban J connectivity index is 2.19. The van der Waals surface area contributed by atoms with Crippen LogP contribution >= 0.6 is 0 Å². The zero-order valence-electron chi connectivity index (χ0n) is 10.3. The van der Waals surface area contributed by atoms with Crippen LogP contribution in [0, 0.1) is 0 Å². The summed E-state index contributed by atoms with van der Waals surface area (Å²) in [6.45, 7) is 0. The van der Waals surface area contributed by atoms with Crippen molar-refractivity contribution < 1.29 is 17.9 Å². The number of anilines is 1. The average molecular weight is 285 g/mol. The molecular weight excluding hydrogens is 270 g/mol. The smallest absolute Gasteiger partial charge is 0.319 e. The molecule has 0 spiro atoms. The van der Waals surface area contributed by atoms with Gasteiger partial charge in [-0.2, -0.15) is 0 Å². The van der Waals surface area contributed by atoms with Gasteiger partial charge in [0.05, 0.1) is 7.11 Å². The minimum Gasteiger partial charge on any atom is -0.495 e. The van der Waals surface area contributed by atoms with Crippen LogP contribution < -0.4 is 20.5 Å². The van der Waals surface area contributed by atoms with Crippen molar-refractivity contribution in [3.8, 4) is 5.75 Å². The molecule has 0 saturated heterocycles. The van der Waals surface area contributed by atoms with Crippen LogP contribution in [0.4, 0.5) is 10.5 Å². The number of carbonyl (C=O) groups excluding carboxylic acids is 1. The van der Waals surface area contributed by atoms with Crippen LogP contribution in [0.1, 0.15) is 12.8 Å². The zero-order valence-corrected chi connectivity index (χ0v) is 11.2. The average Bonchev–Trinajstić information content (AvgIpc) is 3.11. The summed E-state index contributed by atoms with van der Waals surface area (Å²) in [4.78, 5) is 11.4. The van der Waals surface area contributed by atoms with E-state index in [2.05, 4.69) is 10.6 Å². The van der Waals surface area contributed by atoms with E-state index in [1.54, 1.807) is 6.07 Å². The lowest BCUT2D eigenvalue weighted by Gasteiger charge is -2.10. The SMILES string of the molecule is COc1ccc(NC(=O)NC2CC2)cc1S(N)(=O)=O. The third-order valence-corrected chi connectivity index (χ3v) is 3.57. The molecule has 1 aromatic rings. The van der Waals surface area contributed by atoms with Gasteiger partial charge in [0.2, 0.25) is 10.0 Å². The molecule has 1 aliphatic carbocycles. The number of hydrogen-bond donors (Lipinski definition) is 3. The predicted molar refractivity (Wildman–Crippen MR) is 69.5 cm³/mol. The minimum absolute atomic E-state index is 0.135. The second-order valence-corrected chi connectivity index (χ2v) is 5.81. The third kappa shape index (κ3) is 3.58. The molecule has 19 heavy (non-hydrogen) atoms. The fourth-order valence-corrected chi connectivity index (χ4v) is 2.28. The molecule has 2 rings (SSSR count). The molecule has 0 heterocycles. The monoisotopic (exact) mass is 285 g/mol. The first-order chi connectivity index (χ1) is 8.90. The van der Waals surface area contributed by atoms with Crippen molar-refractivity contribution in [2.75, 3.05) is 12.4 Å². The molecule has 0 aromatic heterocycles. The lowest BCUT2D eigenvalue weighted by atomic mass is 10.3. The summed E-state index contributed by atoms with van der Waals surface area (Å²) in [6.07, 6.45) is 1.94. The van der Waals surface area contributed by atoms with Gasteiger partial charge in [-0.3, -0.25) is 0 Å². The summed E-state index contributed by atoms with van der Waals surface area (Å²) in [5.74, 6) is 0.135. The first-order valence-electron chi connectivity index (χ1n) is 5.68. The first-order valence-corrected chi connectivity index (χ1v) is 7.23. The molecule has 0 unspecified atom stereocenters. The number of amides is 2. The molecule has 1 aromatic carbocycles. The van der Waals surface area contributed by atoms with E-state index in [0.29, 0.717) is 5.69 Å². The standard InChI is InChI=1S/C11H15N3O4S/c1-18-9-5-4-8(6-10(9)19(12,16)17)14-11(15)13-7-2-3-7/h4-7H,2-3H2,1H3,(H2,12,16,17)(H2,13,14,15). The summed E-state index contributed by atoms with van der Waals surface area (Å²) in [7, 11) is -2.57. The number of benzene rings is 1. The van der Waals surface area contributed by atoms with E-state index in [1.807, 2.05) is 0 Å². The van der Waals surface area contributed by atoms with Crippen molar-refractivity contribution in [1.82, 2.24) is 5.32 Å². The molecule has 0 aliphatic heterocycles. The van der Waals surface area contributed by atoms with Gasteiger partial charge in [0.1, 0.15) is 10.6 Å². The van der Waals surface area contributed by atoms with Gasteiger partial charge in [0, 0.05) is 11.7 Å². The summed E-state index contributed by atoms with van der Waals surface area (Å²) >= 11 is 0. The maximum atomic E-state index is 11.5. The van der Waals surface area contributed by atoms with Crippen LogP contribution in [-0.4, -0.2) is 27.6 Å². The van der Waals surface area contributed by atoms with Crippen LogP contribution in [0.5, 0.6) is 5.75 Å². The Hall–Kier alpha value is -1.80. The van der Waals surface area contributed by atoms with Crippen molar-refractivity contribution in [2.45, 2.75) is 23.8 Å². The Bertz CT molecular complexity index is 596. The van der Waals surface area contributed by atoms with Crippen molar-refractivity contribution >= 4 is 21.7 Å². The molecule has 1 fully saturated rings. The van der Waals surface area contributed by atoms with Crippen LogP contribution in [0.25, 0.3) is 0 Å². The van der Waals surface area contributed by atoms with E-state index in [4.69, 9.17) is 9.88 Å². The molecule has 1 aliphatic rings. The summed E-state index contributed by atoms with van der Waals surface area (Å²) in [5.41, 5.74) is 0.336. The number of methoxy groups -OCH3 is 1. The van der Waals surface area contributed by atoms with E-state index in [-0.39, 0.29) is 22.7 Å². The van der Waals surface area contributed by atoms with Crippen LogP contribution in [0.2, 0.25) is 0 Å². The van der Waals surface area contributed by atoms with Crippen molar-refractivity contribution in [1.29, 1.82) is 0 Å². The van der Waals surface area contributed by atoms with Crippen LogP contribution in [-0.2, 0) is 10.0 Å². The highest BCUT2D eigenvalue weighted by molar-refractivity contribution is 7.89. The van der Waals surface area contributed by atoms with Gasteiger partial charge >= 0.3 is 6.03 Å². The Morgan fingerprint density at radius 3 is 2.63 bits per heavy atom. The number of sulfonamides is 1. The highest BCUT2D eigenvalue weighted by atomic mass is 32.2. The highest BCUT2D eigenvalue weighted by Gasteiger charge is 2.23. The number of ether oxygens (including phenoxy) is 1. The second kappa shape index (κ2) is 5.06. The van der Waals surface area contributed by atoms with E-state index >= 15 is 0 Å². The minimum atomic E-state index is -3.91. The van der Waals surface area contributed by atoms with E-state index in [9.17, 15) is 13.2 Å². The van der Waals surface area contributed by atoms with Gasteiger partial charge in [0.25, 0.3) is 0 Å². The highest BCUT2D eigenvalue weighted by Crippen LogP contribution is 2.26. The summed E-state index contributed by atoms with van der Waals surface area (Å²) in [5, 5.41) is 10.4. The molecule has 4 N–H and O–H groups in total. The van der Waals surface area contributed by atoms with Gasteiger partial charge in [-0.25, -0.2) is 18.4 Å². The number of primary sulfonamides is 1. The van der Waals surface area contributed by atoms with Gasteiger partial charge in [-0.15, -0.1) is 0 Å². The Morgan fingerprint density at radius 2 is 2.11 bits per heavy atom. The van der Waals surface area contributed by atoms with Crippen molar-refractivity contribution in [3.05, 3.63) is 18.2 Å². The fourth-order valence-electron chi connectivity index (χ4n) is 1.56. The molecule has 0 radical (unpaired) electrons.